The fourth-order valence-corrected chi connectivity index (χ4v) is 2.13. The molecule has 1 rings (SSSR count). The Morgan fingerprint density at radius 2 is 2.27 bits per heavy atom. The fourth-order valence-electron chi connectivity index (χ4n) is 1.40. The van der Waals surface area contributed by atoms with Crippen molar-refractivity contribution in [2.75, 3.05) is 11.5 Å². The van der Waals surface area contributed by atoms with Crippen LogP contribution in [0.1, 0.15) is 18.9 Å². The minimum atomic E-state index is -0.356. The number of rotatable bonds is 6. The van der Waals surface area contributed by atoms with Crippen molar-refractivity contribution in [2.45, 2.75) is 25.9 Å². The molecule has 0 aromatic heterocycles. The standard InChI is InChI=1S/C12H17FOS/c1-2-15-7-6-12(14)9-10-4-3-5-11(13)8-10/h3-5,8,12,14H,2,6-7,9H2,1H3. The summed E-state index contributed by atoms with van der Waals surface area (Å²) >= 11 is 1.82. The van der Waals surface area contributed by atoms with E-state index in [4.69, 9.17) is 0 Å². The Kier molecular flexibility index (Phi) is 5.73. The summed E-state index contributed by atoms with van der Waals surface area (Å²) in [6.45, 7) is 2.10. The molecular formula is C12H17FOS. The SMILES string of the molecule is CCSCCC(O)Cc1cccc(F)c1. The van der Waals surface area contributed by atoms with Crippen LogP contribution in [0.25, 0.3) is 0 Å². The maximum atomic E-state index is 12.8. The Labute approximate surface area is 94.7 Å². The van der Waals surface area contributed by atoms with Gasteiger partial charge in [-0.3, -0.25) is 0 Å². The van der Waals surface area contributed by atoms with E-state index in [1.807, 2.05) is 17.8 Å². The van der Waals surface area contributed by atoms with Gasteiger partial charge in [0.15, 0.2) is 0 Å². The van der Waals surface area contributed by atoms with Crippen LogP contribution >= 0.6 is 11.8 Å². The largest absolute Gasteiger partial charge is 0.393 e. The van der Waals surface area contributed by atoms with E-state index in [1.165, 1.54) is 12.1 Å². The van der Waals surface area contributed by atoms with Gasteiger partial charge in [0.2, 0.25) is 0 Å². The summed E-state index contributed by atoms with van der Waals surface area (Å²) in [5.74, 6) is 1.81. The molecule has 84 valence electrons. The lowest BCUT2D eigenvalue weighted by Crippen LogP contribution is -2.11. The molecule has 1 aromatic rings. The number of benzene rings is 1. The van der Waals surface area contributed by atoms with Crippen LogP contribution in [0.5, 0.6) is 0 Å². The van der Waals surface area contributed by atoms with Crippen LogP contribution in [0.3, 0.4) is 0 Å². The van der Waals surface area contributed by atoms with Gasteiger partial charge < -0.3 is 5.11 Å². The predicted octanol–water partition coefficient (Wildman–Crippen LogP) is 2.87. The zero-order chi connectivity index (χ0) is 11.1. The summed E-state index contributed by atoms with van der Waals surface area (Å²) in [6, 6.07) is 6.43. The molecule has 0 saturated carbocycles. The number of hydrogen-bond donors (Lipinski definition) is 1. The van der Waals surface area contributed by atoms with Crippen LogP contribution in [-0.2, 0) is 6.42 Å². The molecule has 0 aliphatic rings. The van der Waals surface area contributed by atoms with Crippen molar-refractivity contribution >= 4 is 11.8 Å². The lowest BCUT2D eigenvalue weighted by Gasteiger charge is -2.09. The van der Waals surface area contributed by atoms with Gasteiger partial charge >= 0.3 is 0 Å². The first-order chi connectivity index (χ1) is 7.22. The summed E-state index contributed by atoms with van der Waals surface area (Å²) in [4.78, 5) is 0. The van der Waals surface area contributed by atoms with Crippen LogP contribution in [0, 0.1) is 5.82 Å². The summed E-state index contributed by atoms with van der Waals surface area (Å²) in [6.07, 6.45) is 0.961. The first-order valence-corrected chi connectivity index (χ1v) is 6.38. The normalized spacial score (nSPS) is 12.7. The second kappa shape index (κ2) is 6.85. The van der Waals surface area contributed by atoms with Crippen molar-refractivity contribution in [2.24, 2.45) is 0 Å². The molecule has 1 aromatic carbocycles. The van der Waals surface area contributed by atoms with Gasteiger partial charge in [0.25, 0.3) is 0 Å². The maximum Gasteiger partial charge on any atom is 0.123 e. The molecule has 0 aliphatic heterocycles. The lowest BCUT2D eigenvalue weighted by molar-refractivity contribution is 0.172. The smallest absolute Gasteiger partial charge is 0.123 e. The highest BCUT2D eigenvalue weighted by Gasteiger charge is 2.05. The van der Waals surface area contributed by atoms with E-state index < -0.39 is 0 Å². The molecular weight excluding hydrogens is 211 g/mol. The highest BCUT2D eigenvalue weighted by molar-refractivity contribution is 7.99. The van der Waals surface area contributed by atoms with Crippen LogP contribution in [0.15, 0.2) is 24.3 Å². The summed E-state index contributed by atoms with van der Waals surface area (Å²) in [7, 11) is 0. The average molecular weight is 228 g/mol. The van der Waals surface area contributed by atoms with E-state index in [0.29, 0.717) is 6.42 Å². The van der Waals surface area contributed by atoms with E-state index in [-0.39, 0.29) is 11.9 Å². The minimum absolute atomic E-state index is 0.234. The molecule has 0 saturated heterocycles. The van der Waals surface area contributed by atoms with E-state index in [2.05, 4.69) is 6.92 Å². The highest BCUT2D eigenvalue weighted by Crippen LogP contribution is 2.10. The number of aliphatic hydroxyl groups is 1. The molecule has 0 amide bonds. The average Bonchev–Trinajstić information content (AvgIpc) is 2.18. The van der Waals surface area contributed by atoms with Crippen molar-refractivity contribution in [3.8, 4) is 0 Å². The van der Waals surface area contributed by atoms with Gasteiger partial charge in [-0.2, -0.15) is 11.8 Å². The van der Waals surface area contributed by atoms with Crippen LogP contribution < -0.4 is 0 Å². The van der Waals surface area contributed by atoms with Crippen LogP contribution in [-0.4, -0.2) is 22.7 Å². The van der Waals surface area contributed by atoms with Crippen molar-refractivity contribution in [3.63, 3.8) is 0 Å². The van der Waals surface area contributed by atoms with E-state index >= 15 is 0 Å². The Balaban J connectivity index is 2.34. The van der Waals surface area contributed by atoms with Crippen LogP contribution in [0.4, 0.5) is 4.39 Å². The predicted molar refractivity (Wildman–Crippen MR) is 63.7 cm³/mol. The van der Waals surface area contributed by atoms with Crippen LogP contribution in [0.2, 0.25) is 0 Å². The topological polar surface area (TPSA) is 20.2 Å². The van der Waals surface area contributed by atoms with E-state index in [1.54, 1.807) is 6.07 Å². The third-order valence-electron chi connectivity index (χ3n) is 2.16. The zero-order valence-corrected chi connectivity index (χ0v) is 9.77. The molecule has 1 atom stereocenters. The highest BCUT2D eigenvalue weighted by atomic mass is 32.2. The Morgan fingerprint density at radius 1 is 1.47 bits per heavy atom. The molecule has 0 fully saturated rings. The second-order valence-corrected chi connectivity index (χ2v) is 4.87. The summed E-state index contributed by atoms with van der Waals surface area (Å²) in [5.41, 5.74) is 0.865. The summed E-state index contributed by atoms with van der Waals surface area (Å²) < 4.78 is 12.8. The molecule has 0 spiro atoms. The molecule has 1 nitrogen and oxygen atoms in total. The van der Waals surface area contributed by atoms with Crippen molar-refractivity contribution in [3.05, 3.63) is 35.6 Å². The van der Waals surface area contributed by atoms with E-state index in [0.717, 1.165) is 23.5 Å². The third-order valence-corrected chi connectivity index (χ3v) is 3.09. The van der Waals surface area contributed by atoms with Gasteiger partial charge in [-0.15, -0.1) is 0 Å². The first-order valence-electron chi connectivity index (χ1n) is 5.22. The monoisotopic (exact) mass is 228 g/mol. The number of aliphatic hydroxyl groups excluding tert-OH is 1. The maximum absolute atomic E-state index is 12.8. The molecule has 3 heteroatoms. The summed E-state index contributed by atoms with van der Waals surface area (Å²) in [5, 5.41) is 9.68. The molecule has 0 radical (unpaired) electrons. The molecule has 0 aliphatic carbocycles. The molecule has 15 heavy (non-hydrogen) atoms. The Hall–Kier alpha value is -0.540. The van der Waals surface area contributed by atoms with Crippen molar-refractivity contribution in [1.29, 1.82) is 0 Å². The van der Waals surface area contributed by atoms with Gasteiger partial charge in [0.1, 0.15) is 5.82 Å². The number of hydrogen-bond acceptors (Lipinski definition) is 2. The van der Waals surface area contributed by atoms with Gasteiger partial charge in [-0.25, -0.2) is 4.39 Å². The molecule has 1 unspecified atom stereocenters. The Morgan fingerprint density at radius 3 is 2.93 bits per heavy atom. The minimum Gasteiger partial charge on any atom is -0.393 e. The molecule has 0 heterocycles. The number of thioether (sulfide) groups is 1. The second-order valence-electron chi connectivity index (χ2n) is 3.47. The Bertz CT molecular complexity index is 291. The molecule has 0 bridgehead atoms. The molecule has 1 N–H and O–H groups in total. The van der Waals surface area contributed by atoms with E-state index in [9.17, 15) is 9.50 Å². The third kappa shape index (κ3) is 5.19. The number of halogens is 1. The van der Waals surface area contributed by atoms with Gasteiger partial charge in [0.05, 0.1) is 6.10 Å². The lowest BCUT2D eigenvalue weighted by atomic mass is 10.1. The van der Waals surface area contributed by atoms with Gasteiger partial charge in [-0.05, 0) is 42.0 Å². The van der Waals surface area contributed by atoms with Gasteiger partial charge in [0, 0.05) is 0 Å². The van der Waals surface area contributed by atoms with Gasteiger partial charge in [-0.1, -0.05) is 19.1 Å². The zero-order valence-electron chi connectivity index (χ0n) is 8.95. The quantitative estimate of drug-likeness (QED) is 0.755. The fraction of sp³-hybridized carbons (Fsp3) is 0.500. The first kappa shape index (κ1) is 12.5. The van der Waals surface area contributed by atoms with Crippen molar-refractivity contribution < 1.29 is 9.50 Å². The van der Waals surface area contributed by atoms with Crippen molar-refractivity contribution in [1.82, 2.24) is 0 Å².